The van der Waals surface area contributed by atoms with Crippen molar-refractivity contribution in [1.29, 1.82) is 0 Å². The second kappa shape index (κ2) is 5.50. The predicted molar refractivity (Wildman–Crippen MR) is 57.5 cm³/mol. The van der Waals surface area contributed by atoms with E-state index in [0.717, 1.165) is 11.1 Å². The number of hydrogen-bond acceptors (Lipinski definition) is 4. The highest BCUT2D eigenvalue weighted by Gasteiger charge is 2.14. The third-order valence-corrected chi connectivity index (χ3v) is 2.77. The number of hydrogen-bond donors (Lipinski definition) is 1. The lowest BCUT2D eigenvalue weighted by molar-refractivity contribution is -0.154. The molecule has 0 bridgehead atoms. The Bertz CT molecular complexity index is 359. The smallest absolute Gasteiger partial charge is 0.396 e. The van der Waals surface area contributed by atoms with Crippen molar-refractivity contribution in [3.63, 3.8) is 0 Å². The molecule has 0 radical (unpaired) electrons. The third kappa shape index (κ3) is 3.36. The summed E-state index contributed by atoms with van der Waals surface area (Å²) < 4.78 is 4.56. The molecule has 1 aromatic heterocycles. The molecule has 1 N–H and O–H groups in total. The normalized spacial score (nSPS) is 9.73. The van der Waals surface area contributed by atoms with Crippen molar-refractivity contribution >= 4 is 23.2 Å². The van der Waals surface area contributed by atoms with E-state index in [1.54, 1.807) is 18.3 Å². The molecule has 15 heavy (non-hydrogen) atoms. The molecule has 1 heterocycles. The fourth-order valence-electron chi connectivity index (χ4n) is 1.01. The first-order chi connectivity index (χ1) is 7.15. The van der Waals surface area contributed by atoms with Crippen LogP contribution in [0.1, 0.15) is 18.1 Å². The number of ether oxygens (including phenoxy) is 1. The van der Waals surface area contributed by atoms with Gasteiger partial charge >= 0.3 is 11.9 Å². The second-order valence-corrected chi connectivity index (χ2v) is 3.73. The summed E-state index contributed by atoms with van der Waals surface area (Å²) in [5.41, 5.74) is 2.14. The maximum Gasteiger partial charge on any atom is 0.396 e. The summed E-state index contributed by atoms with van der Waals surface area (Å²) in [5, 5.41) is 6.44. The first-order valence-corrected chi connectivity index (χ1v) is 5.56. The van der Waals surface area contributed by atoms with Gasteiger partial charge in [-0.1, -0.05) is 0 Å². The van der Waals surface area contributed by atoms with Crippen molar-refractivity contribution in [2.75, 3.05) is 6.61 Å². The van der Waals surface area contributed by atoms with Gasteiger partial charge in [0.05, 0.1) is 6.61 Å². The molecule has 0 aliphatic heterocycles. The molecular formula is C10H13NO3S. The monoisotopic (exact) mass is 227 g/mol. The molecule has 0 saturated carbocycles. The minimum absolute atomic E-state index is 0.212. The lowest BCUT2D eigenvalue weighted by Crippen LogP contribution is -2.32. The number of aryl methyl sites for hydroxylation is 1. The highest BCUT2D eigenvalue weighted by Crippen LogP contribution is 2.12. The third-order valence-electron chi connectivity index (χ3n) is 1.86. The fraction of sp³-hybridized carbons (Fsp3) is 0.400. The summed E-state index contributed by atoms with van der Waals surface area (Å²) in [7, 11) is 0. The van der Waals surface area contributed by atoms with E-state index in [1.165, 1.54) is 0 Å². The number of nitrogens with one attached hydrogen (secondary N) is 1. The molecule has 0 saturated heterocycles. The number of thiophene rings is 1. The van der Waals surface area contributed by atoms with E-state index >= 15 is 0 Å². The van der Waals surface area contributed by atoms with Gasteiger partial charge in [-0.25, -0.2) is 4.79 Å². The van der Waals surface area contributed by atoms with Gasteiger partial charge in [-0.15, -0.1) is 0 Å². The molecule has 4 nitrogen and oxygen atoms in total. The lowest BCUT2D eigenvalue weighted by atomic mass is 10.2. The van der Waals surface area contributed by atoms with Crippen LogP contribution in [0.5, 0.6) is 0 Å². The molecule has 0 fully saturated rings. The molecule has 0 unspecified atom stereocenters. The van der Waals surface area contributed by atoms with Crippen molar-refractivity contribution < 1.29 is 14.3 Å². The highest BCUT2D eigenvalue weighted by atomic mass is 32.1. The van der Waals surface area contributed by atoms with Crippen LogP contribution >= 0.6 is 11.3 Å². The number of amides is 1. The molecule has 5 heteroatoms. The van der Waals surface area contributed by atoms with E-state index in [-0.39, 0.29) is 6.61 Å². The lowest BCUT2D eigenvalue weighted by Gasteiger charge is -2.03. The summed E-state index contributed by atoms with van der Waals surface area (Å²) in [5.74, 6) is -1.52. The van der Waals surface area contributed by atoms with E-state index in [4.69, 9.17) is 0 Å². The number of rotatable bonds is 3. The maximum atomic E-state index is 11.2. The Labute approximate surface area is 92.2 Å². The van der Waals surface area contributed by atoms with Crippen molar-refractivity contribution in [3.05, 3.63) is 21.9 Å². The van der Waals surface area contributed by atoms with Crippen LogP contribution in [-0.2, 0) is 20.9 Å². The van der Waals surface area contributed by atoms with E-state index in [1.807, 2.05) is 17.7 Å². The average molecular weight is 227 g/mol. The first kappa shape index (κ1) is 11.7. The van der Waals surface area contributed by atoms with Gasteiger partial charge in [0.15, 0.2) is 0 Å². The van der Waals surface area contributed by atoms with Gasteiger partial charge in [0.2, 0.25) is 0 Å². The second-order valence-electron chi connectivity index (χ2n) is 2.98. The summed E-state index contributed by atoms with van der Waals surface area (Å²) in [6.07, 6.45) is 0. The van der Waals surface area contributed by atoms with E-state index < -0.39 is 11.9 Å². The molecule has 1 rings (SSSR count). The number of carbonyl (C=O) groups is 2. The van der Waals surface area contributed by atoms with Gasteiger partial charge in [-0.2, -0.15) is 11.3 Å². The first-order valence-electron chi connectivity index (χ1n) is 4.61. The van der Waals surface area contributed by atoms with Gasteiger partial charge in [-0.05, 0) is 35.7 Å². The summed E-state index contributed by atoms with van der Waals surface area (Å²) >= 11 is 1.57. The summed E-state index contributed by atoms with van der Waals surface area (Å²) in [4.78, 5) is 22.1. The van der Waals surface area contributed by atoms with E-state index in [2.05, 4.69) is 10.1 Å². The molecule has 82 valence electrons. The zero-order valence-corrected chi connectivity index (χ0v) is 9.52. The van der Waals surface area contributed by atoms with Crippen molar-refractivity contribution in [2.45, 2.75) is 20.4 Å². The molecule has 0 aliphatic rings. The van der Waals surface area contributed by atoms with Gasteiger partial charge in [0.25, 0.3) is 0 Å². The Morgan fingerprint density at radius 2 is 2.20 bits per heavy atom. The van der Waals surface area contributed by atoms with Crippen molar-refractivity contribution in [1.82, 2.24) is 5.32 Å². The molecular weight excluding hydrogens is 214 g/mol. The molecule has 0 spiro atoms. The quantitative estimate of drug-likeness (QED) is 0.624. The number of carbonyl (C=O) groups excluding carboxylic acids is 2. The Balaban J connectivity index is 2.41. The zero-order chi connectivity index (χ0) is 11.3. The number of esters is 1. The fourth-order valence-corrected chi connectivity index (χ4v) is 1.87. The Morgan fingerprint density at radius 3 is 2.73 bits per heavy atom. The van der Waals surface area contributed by atoms with Crippen molar-refractivity contribution in [2.24, 2.45) is 0 Å². The predicted octanol–water partition coefficient (Wildman–Crippen LogP) is 1.24. The SMILES string of the molecule is CCOC(=O)C(=O)NCc1cscc1C. The van der Waals surface area contributed by atoms with Gasteiger partial charge in [-0.3, -0.25) is 4.79 Å². The van der Waals surface area contributed by atoms with Crippen LogP contribution in [0.2, 0.25) is 0 Å². The maximum absolute atomic E-state index is 11.2. The van der Waals surface area contributed by atoms with Crippen LogP contribution in [0.25, 0.3) is 0 Å². The summed E-state index contributed by atoms with van der Waals surface area (Å²) in [6, 6.07) is 0. The molecule has 0 atom stereocenters. The highest BCUT2D eigenvalue weighted by molar-refractivity contribution is 7.08. The minimum atomic E-state index is -0.828. The summed E-state index contributed by atoms with van der Waals surface area (Å²) in [6.45, 7) is 4.20. The van der Waals surface area contributed by atoms with Crippen LogP contribution < -0.4 is 5.32 Å². The van der Waals surface area contributed by atoms with E-state index in [9.17, 15) is 9.59 Å². The van der Waals surface area contributed by atoms with Crippen LogP contribution in [0.3, 0.4) is 0 Å². The van der Waals surface area contributed by atoms with Crippen molar-refractivity contribution in [3.8, 4) is 0 Å². The largest absolute Gasteiger partial charge is 0.459 e. The van der Waals surface area contributed by atoms with Crippen LogP contribution in [0.15, 0.2) is 10.8 Å². The standard InChI is InChI=1S/C10H13NO3S/c1-3-14-10(13)9(12)11-4-8-6-15-5-7(8)2/h5-6H,3-4H2,1-2H3,(H,11,12). The van der Waals surface area contributed by atoms with Gasteiger partial charge in [0.1, 0.15) is 0 Å². The Morgan fingerprint density at radius 1 is 1.47 bits per heavy atom. The van der Waals surface area contributed by atoms with E-state index in [0.29, 0.717) is 6.54 Å². The Kier molecular flexibility index (Phi) is 4.30. The molecule has 1 aromatic rings. The van der Waals surface area contributed by atoms with Crippen LogP contribution in [-0.4, -0.2) is 18.5 Å². The zero-order valence-electron chi connectivity index (χ0n) is 8.70. The van der Waals surface area contributed by atoms with Gasteiger partial charge < -0.3 is 10.1 Å². The topological polar surface area (TPSA) is 55.4 Å². The van der Waals surface area contributed by atoms with Crippen LogP contribution in [0.4, 0.5) is 0 Å². The molecule has 0 aliphatic carbocycles. The van der Waals surface area contributed by atoms with Gasteiger partial charge in [0, 0.05) is 6.54 Å². The minimum Gasteiger partial charge on any atom is -0.459 e. The molecule has 0 aromatic carbocycles. The van der Waals surface area contributed by atoms with Crippen LogP contribution in [0, 0.1) is 6.92 Å². The molecule has 1 amide bonds. The average Bonchev–Trinajstić information content (AvgIpc) is 2.61. The Hall–Kier alpha value is -1.36.